The van der Waals surface area contributed by atoms with Crippen LogP contribution in [0.4, 0.5) is 0 Å². The van der Waals surface area contributed by atoms with E-state index in [2.05, 4.69) is 41.7 Å². The number of carbonyl (C=O) groups is 1. The predicted octanol–water partition coefficient (Wildman–Crippen LogP) is 1.14. The number of amides is 1. The molecule has 1 aromatic rings. The molecule has 2 N–H and O–H groups in total. The van der Waals surface area contributed by atoms with Crippen molar-refractivity contribution in [2.45, 2.75) is 57.7 Å². The fraction of sp³-hybridized carbons (Fsp3) is 0.812. The van der Waals surface area contributed by atoms with Crippen molar-refractivity contribution >= 4 is 5.91 Å². The third-order valence-corrected chi connectivity index (χ3v) is 6.01. The Balaban J connectivity index is 1.62. The van der Waals surface area contributed by atoms with Gasteiger partial charge in [0.2, 0.25) is 0 Å². The van der Waals surface area contributed by atoms with Crippen LogP contribution in [0.2, 0.25) is 0 Å². The van der Waals surface area contributed by atoms with E-state index in [4.69, 9.17) is 4.74 Å². The minimum absolute atomic E-state index is 0.0870. The SMILES string of the molecule is CO[C@]1(C)C[C@H](NC(=O)c2cn(C3CCNCC3)nn2)C1(C)C. The summed E-state index contributed by atoms with van der Waals surface area (Å²) >= 11 is 0. The number of piperidine rings is 1. The predicted molar refractivity (Wildman–Crippen MR) is 86.2 cm³/mol. The molecule has 2 heterocycles. The van der Waals surface area contributed by atoms with Gasteiger partial charge in [-0.25, -0.2) is 4.68 Å². The van der Waals surface area contributed by atoms with E-state index in [1.807, 2.05) is 4.68 Å². The highest BCUT2D eigenvalue weighted by Gasteiger charge is 2.58. The van der Waals surface area contributed by atoms with E-state index >= 15 is 0 Å². The van der Waals surface area contributed by atoms with E-state index in [-0.39, 0.29) is 23.0 Å². The molecule has 1 amide bonds. The van der Waals surface area contributed by atoms with Crippen LogP contribution in [-0.2, 0) is 4.74 Å². The van der Waals surface area contributed by atoms with Gasteiger partial charge in [-0.05, 0) is 39.3 Å². The second-order valence-corrected chi connectivity index (χ2v) is 7.45. The zero-order chi connectivity index (χ0) is 16.7. The number of nitrogens with one attached hydrogen (secondary N) is 2. The van der Waals surface area contributed by atoms with Gasteiger partial charge < -0.3 is 15.4 Å². The van der Waals surface area contributed by atoms with Gasteiger partial charge in [-0.3, -0.25) is 4.79 Å². The van der Waals surface area contributed by atoms with Crippen molar-refractivity contribution in [2.24, 2.45) is 5.41 Å². The van der Waals surface area contributed by atoms with Crippen LogP contribution in [0.3, 0.4) is 0 Å². The first-order valence-corrected chi connectivity index (χ1v) is 8.36. The van der Waals surface area contributed by atoms with Crippen LogP contribution >= 0.6 is 0 Å². The van der Waals surface area contributed by atoms with Crippen LogP contribution in [0.5, 0.6) is 0 Å². The van der Waals surface area contributed by atoms with Crippen molar-refractivity contribution in [3.8, 4) is 0 Å². The van der Waals surface area contributed by atoms with Gasteiger partial charge in [-0.15, -0.1) is 5.10 Å². The molecule has 1 aliphatic carbocycles. The molecule has 0 aromatic carbocycles. The minimum Gasteiger partial charge on any atom is -0.378 e. The number of methoxy groups -OCH3 is 1. The highest BCUT2D eigenvalue weighted by molar-refractivity contribution is 5.92. The second kappa shape index (κ2) is 5.87. The monoisotopic (exact) mass is 321 g/mol. The fourth-order valence-electron chi connectivity index (χ4n) is 3.59. The Bertz CT molecular complexity index is 579. The molecule has 1 saturated heterocycles. The van der Waals surface area contributed by atoms with Crippen molar-refractivity contribution < 1.29 is 9.53 Å². The molecule has 3 rings (SSSR count). The summed E-state index contributed by atoms with van der Waals surface area (Å²) in [4.78, 5) is 12.5. The molecule has 128 valence electrons. The first-order chi connectivity index (χ1) is 10.9. The number of rotatable bonds is 4. The van der Waals surface area contributed by atoms with Gasteiger partial charge in [0.05, 0.1) is 17.8 Å². The number of nitrogens with zero attached hydrogens (tertiary/aromatic N) is 3. The zero-order valence-corrected chi connectivity index (χ0v) is 14.4. The van der Waals surface area contributed by atoms with Gasteiger partial charge in [0, 0.05) is 18.6 Å². The molecule has 0 radical (unpaired) electrons. The van der Waals surface area contributed by atoms with E-state index in [0.717, 1.165) is 32.4 Å². The second-order valence-electron chi connectivity index (χ2n) is 7.45. The number of hydrogen-bond acceptors (Lipinski definition) is 5. The molecule has 2 fully saturated rings. The number of carbonyl (C=O) groups excluding carboxylic acids is 1. The molecule has 1 aromatic heterocycles. The summed E-state index contributed by atoms with van der Waals surface area (Å²) in [5.74, 6) is -0.151. The van der Waals surface area contributed by atoms with Crippen molar-refractivity contribution in [2.75, 3.05) is 20.2 Å². The van der Waals surface area contributed by atoms with Crippen molar-refractivity contribution in [3.63, 3.8) is 0 Å². The van der Waals surface area contributed by atoms with E-state index < -0.39 is 0 Å². The Morgan fingerprint density at radius 2 is 2.09 bits per heavy atom. The van der Waals surface area contributed by atoms with Crippen LogP contribution in [0.15, 0.2) is 6.20 Å². The normalized spacial score (nSPS) is 30.7. The quantitative estimate of drug-likeness (QED) is 0.869. The average Bonchev–Trinajstić information content (AvgIpc) is 3.05. The number of aromatic nitrogens is 3. The molecule has 1 saturated carbocycles. The Labute approximate surface area is 137 Å². The standard InChI is InChI=1S/C16H27N5O2/c1-15(2)13(9-16(15,3)23-4)18-14(22)12-10-21(20-19-12)11-5-7-17-8-6-11/h10-11,13,17H,5-9H2,1-4H3,(H,18,22)/t13-,16+/m0/s1. The lowest BCUT2D eigenvalue weighted by Gasteiger charge is -2.59. The molecule has 0 unspecified atom stereocenters. The topological polar surface area (TPSA) is 81.1 Å². The summed E-state index contributed by atoms with van der Waals surface area (Å²) in [6.07, 6.45) is 4.62. The summed E-state index contributed by atoms with van der Waals surface area (Å²) in [6.45, 7) is 8.30. The first-order valence-electron chi connectivity index (χ1n) is 8.36. The van der Waals surface area contributed by atoms with Gasteiger partial charge in [-0.2, -0.15) is 0 Å². The Kier molecular flexibility index (Phi) is 4.18. The molecule has 0 bridgehead atoms. The zero-order valence-electron chi connectivity index (χ0n) is 14.4. The van der Waals surface area contributed by atoms with Gasteiger partial charge in [0.25, 0.3) is 5.91 Å². The average molecular weight is 321 g/mol. The van der Waals surface area contributed by atoms with Crippen LogP contribution in [0.1, 0.15) is 56.6 Å². The van der Waals surface area contributed by atoms with Crippen LogP contribution in [0.25, 0.3) is 0 Å². The Hall–Kier alpha value is -1.47. The third kappa shape index (κ3) is 2.76. The van der Waals surface area contributed by atoms with Gasteiger partial charge in [0.15, 0.2) is 5.69 Å². The van der Waals surface area contributed by atoms with E-state index in [0.29, 0.717) is 11.7 Å². The lowest BCUT2D eigenvalue weighted by molar-refractivity contribution is -0.177. The summed E-state index contributed by atoms with van der Waals surface area (Å²) in [7, 11) is 1.73. The maximum absolute atomic E-state index is 12.5. The number of hydrogen-bond donors (Lipinski definition) is 2. The molecule has 2 aliphatic rings. The lowest BCUT2D eigenvalue weighted by Crippen LogP contribution is -2.68. The highest BCUT2D eigenvalue weighted by atomic mass is 16.5. The maximum atomic E-state index is 12.5. The molecule has 2 atom stereocenters. The van der Waals surface area contributed by atoms with E-state index in [9.17, 15) is 4.79 Å². The van der Waals surface area contributed by atoms with Crippen LogP contribution in [0, 0.1) is 5.41 Å². The van der Waals surface area contributed by atoms with E-state index in [1.54, 1.807) is 13.3 Å². The van der Waals surface area contributed by atoms with Crippen molar-refractivity contribution in [3.05, 3.63) is 11.9 Å². The summed E-state index contributed by atoms with van der Waals surface area (Å²) in [5.41, 5.74) is 0.0884. The van der Waals surface area contributed by atoms with Crippen LogP contribution < -0.4 is 10.6 Å². The minimum atomic E-state index is -0.197. The van der Waals surface area contributed by atoms with Gasteiger partial charge >= 0.3 is 0 Å². The van der Waals surface area contributed by atoms with Crippen molar-refractivity contribution in [1.82, 2.24) is 25.6 Å². The molecule has 1 aliphatic heterocycles. The molecular formula is C16H27N5O2. The fourth-order valence-corrected chi connectivity index (χ4v) is 3.59. The smallest absolute Gasteiger partial charge is 0.273 e. The van der Waals surface area contributed by atoms with Gasteiger partial charge in [-0.1, -0.05) is 19.1 Å². The largest absolute Gasteiger partial charge is 0.378 e. The third-order valence-electron chi connectivity index (χ3n) is 6.01. The summed E-state index contributed by atoms with van der Waals surface area (Å²) in [6, 6.07) is 0.422. The Morgan fingerprint density at radius 3 is 2.70 bits per heavy atom. The molecule has 7 heteroatoms. The maximum Gasteiger partial charge on any atom is 0.273 e. The van der Waals surface area contributed by atoms with Gasteiger partial charge in [0.1, 0.15) is 0 Å². The highest BCUT2D eigenvalue weighted by Crippen LogP contribution is 2.51. The lowest BCUT2D eigenvalue weighted by atomic mass is 9.56. The van der Waals surface area contributed by atoms with Crippen LogP contribution in [-0.4, -0.2) is 52.7 Å². The molecular weight excluding hydrogens is 294 g/mol. The molecule has 7 nitrogen and oxygen atoms in total. The summed E-state index contributed by atoms with van der Waals surface area (Å²) in [5, 5.41) is 14.6. The molecule has 0 spiro atoms. The first kappa shape index (κ1) is 16.4. The van der Waals surface area contributed by atoms with E-state index in [1.165, 1.54) is 0 Å². The molecule has 23 heavy (non-hydrogen) atoms. The summed E-state index contributed by atoms with van der Waals surface area (Å²) < 4.78 is 7.43. The number of ether oxygens (including phenoxy) is 1. The Morgan fingerprint density at radius 1 is 1.39 bits per heavy atom. The van der Waals surface area contributed by atoms with Crippen molar-refractivity contribution in [1.29, 1.82) is 0 Å².